The van der Waals surface area contributed by atoms with E-state index in [0.717, 1.165) is 38.4 Å². The molecule has 2 N–H and O–H groups in total. The monoisotopic (exact) mass is 477 g/mol. The second kappa shape index (κ2) is 9.89. The molecule has 8 heteroatoms. The van der Waals surface area contributed by atoms with Crippen molar-refractivity contribution in [1.29, 1.82) is 0 Å². The summed E-state index contributed by atoms with van der Waals surface area (Å²) in [6.45, 7) is 6.63. The first-order valence-corrected chi connectivity index (χ1v) is 9.39. The van der Waals surface area contributed by atoms with Gasteiger partial charge in [-0.05, 0) is 31.2 Å². The van der Waals surface area contributed by atoms with Crippen LogP contribution >= 0.6 is 24.0 Å². The number of nitrogens with one attached hydrogen (secondary N) is 1. The first-order valence-electron chi connectivity index (χ1n) is 9.39. The summed E-state index contributed by atoms with van der Waals surface area (Å²) in [5.74, 6) is 1.55. The number of hydrogen-bond donors (Lipinski definition) is 2. The highest BCUT2D eigenvalue weighted by Gasteiger charge is 2.31. The SMILES string of the molecule is CCNC(=NCC1(O)CCOCC1)N1CCC(Cc2cnn(C)c2)C1.I. The maximum atomic E-state index is 10.6. The zero-order valence-electron chi connectivity index (χ0n) is 15.9. The van der Waals surface area contributed by atoms with Gasteiger partial charge in [0.1, 0.15) is 0 Å². The number of aliphatic hydroxyl groups is 1. The lowest BCUT2D eigenvalue weighted by molar-refractivity contribution is -0.0566. The van der Waals surface area contributed by atoms with E-state index in [1.54, 1.807) is 0 Å². The Labute approximate surface area is 173 Å². The summed E-state index contributed by atoms with van der Waals surface area (Å²) in [6.07, 6.45) is 7.62. The molecular formula is C18H32IN5O2. The van der Waals surface area contributed by atoms with Crippen LogP contribution in [0.4, 0.5) is 0 Å². The van der Waals surface area contributed by atoms with Crippen LogP contribution in [-0.4, -0.2) is 70.7 Å². The van der Waals surface area contributed by atoms with E-state index < -0.39 is 5.60 Å². The van der Waals surface area contributed by atoms with E-state index in [9.17, 15) is 5.11 Å². The van der Waals surface area contributed by atoms with Crippen molar-refractivity contribution in [3.05, 3.63) is 18.0 Å². The fraction of sp³-hybridized carbons (Fsp3) is 0.778. The van der Waals surface area contributed by atoms with Gasteiger partial charge >= 0.3 is 0 Å². The number of aromatic nitrogens is 2. The third kappa shape index (κ3) is 5.82. The molecule has 2 aliphatic rings. The van der Waals surface area contributed by atoms with Gasteiger partial charge in [0.25, 0.3) is 0 Å². The van der Waals surface area contributed by atoms with Gasteiger partial charge in [-0.1, -0.05) is 0 Å². The van der Waals surface area contributed by atoms with Gasteiger partial charge in [-0.2, -0.15) is 5.10 Å². The van der Waals surface area contributed by atoms with Gasteiger partial charge < -0.3 is 20.1 Å². The van der Waals surface area contributed by atoms with E-state index >= 15 is 0 Å². The standard InChI is InChI=1S/C18H31N5O2.HI/c1-3-19-17(20-14-18(24)5-8-25-9-6-18)23-7-4-15(13-23)10-16-11-21-22(2)12-16;/h11-12,15,24H,3-10,13-14H2,1-2H3,(H,19,20);1H. The van der Waals surface area contributed by atoms with Crippen molar-refractivity contribution in [1.82, 2.24) is 20.0 Å². The largest absolute Gasteiger partial charge is 0.388 e. The molecule has 3 rings (SSSR count). The van der Waals surface area contributed by atoms with Gasteiger partial charge in [0.15, 0.2) is 5.96 Å². The second-order valence-electron chi connectivity index (χ2n) is 7.33. The van der Waals surface area contributed by atoms with Crippen LogP contribution < -0.4 is 5.32 Å². The zero-order valence-corrected chi connectivity index (χ0v) is 18.2. The molecule has 0 saturated carbocycles. The van der Waals surface area contributed by atoms with E-state index in [1.165, 1.54) is 5.56 Å². The molecule has 2 fully saturated rings. The van der Waals surface area contributed by atoms with Gasteiger partial charge in [-0.3, -0.25) is 9.67 Å². The average molecular weight is 477 g/mol. The van der Waals surface area contributed by atoms with E-state index in [-0.39, 0.29) is 24.0 Å². The first kappa shape index (κ1) is 21.4. The minimum atomic E-state index is -0.715. The van der Waals surface area contributed by atoms with Gasteiger partial charge in [-0.15, -0.1) is 24.0 Å². The Bertz CT molecular complexity index is 586. The highest BCUT2D eigenvalue weighted by molar-refractivity contribution is 14.0. The molecule has 0 aromatic carbocycles. The van der Waals surface area contributed by atoms with Crippen molar-refractivity contribution < 1.29 is 9.84 Å². The Hall–Kier alpha value is -0.870. The summed E-state index contributed by atoms with van der Waals surface area (Å²) in [4.78, 5) is 7.07. The molecule has 0 amide bonds. The molecule has 0 radical (unpaired) electrons. The van der Waals surface area contributed by atoms with Crippen LogP contribution in [0.3, 0.4) is 0 Å². The van der Waals surface area contributed by atoms with Gasteiger partial charge in [0, 0.05) is 58.9 Å². The van der Waals surface area contributed by atoms with Crippen molar-refractivity contribution in [2.45, 2.75) is 38.2 Å². The lowest BCUT2D eigenvalue weighted by atomic mass is 9.95. The number of likely N-dealkylation sites (tertiary alicyclic amines) is 1. The summed E-state index contributed by atoms with van der Waals surface area (Å²) in [7, 11) is 1.96. The topological polar surface area (TPSA) is 74.9 Å². The number of aliphatic imine (C=N–C) groups is 1. The molecule has 26 heavy (non-hydrogen) atoms. The number of halogens is 1. The van der Waals surface area contributed by atoms with E-state index in [4.69, 9.17) is 9.73 Å². The average Bonchev–Trinajstić information content (AvgIpc) is 3.22. The molecule has 148 valence electrons. The summed E-state index contributed by atoms with van der Waals surface area (Å²) in [5.41, 5.74) is 0.584. The normalized spacial score (nSPS) is 23.0. The first-order chi connectivity index (χ1) is 12.1. The van der Waals surface area contributed by atoms with Crippen molar-refractivity contribution >= 4 is 29.9 Å². The number of aryl methyl sites for hydroxylation is 1. The zero-order chi connectivity index (χ0) is 17.7. The Morgan fingerprint density at radius 3 is 2.88 bits per heavy atom. The van der Waals surface area contributed by atoms with Crippen LogP contribution in [0.25, 0.3) is 0 Å². The number of hydrogen-bond acceptors (Lipinski definition) is 4. The molecule has 2 saturated heterocycles. The molecule has 2 aliphatic heterocycles. The lowest BCUT2D eigenvalue weighted by Crippen LogP contribution is -2.43. The third-order valence-corrected chi connectivity index (χ3v) is 5.15. The van der Waals surface area contributed by atoms with E-state index in [1.807, 2.05) is 17.9 Å². The predicted octanol–water partition coefficient (Wildman–Crippen LogP) is 1.41. The Balaban J connectivity index is 0.00000243. The van der Waals surface area contributed by atoms with Crippen LogP contribution in [-0.2, 0) is 18.2 Å². The highest BCUT2D eigenvalue weighted by Crippen LogP contribution is 2.23. The molecular weight excluding hydrogens is 445 g/mol. The minimum absolute atomic E-state index is 0. The fourth-order valence-corrected chi connectivity index (χ4v) is 3.66. The van der Waals surface area contributed by atoms with Gasteiger partial charge in [0.2, 0.25) is 0 Å². The number of guanidine groups is 1. The Morgan fingerprint density at radius 2 is 2.23 bits per heavy atom. The smallest absolute Gasteiger partial charge is 0.194 e. The molecule has 0 bridgehead atoms. The van der Waals surface area contributed by atoms with Crippen LogP contribution in [0.2, 0.25) is 0 Å². The Morgan fingerprint density at radius 1 is 1.46 bits per heavy atom. The number of ether oxygens (including phenoxy) is 1. The number of rotatable bonds is 5. The molecule has 0 aliphatic carbocycles. The maximum Gasteiger partial charge on any atom is 0.194 e. The quantitative estimate of drug-likeness (QED) is 0.381. The second-order valence-corrected chi connectivity index (χ2v) is 7.33. The molecule has 3 heterocycles. The van der Waals surface area contributed by atoms with Crippen molar-refractivity contribution in [2.24, 2.45) is 18.0 Å². The molecule has 1 unspecified atom stereocenters. The summed E-state index contributed by atoms with van der Waals surface area (Å²) in [6, 6.07) is 0. The van der Waals surface area contributed by atoms with Crippen molar-refractivity contribution in [3.8, 4) is 0 Å². The van der Waals surface area contributed by atoms with Crippen molar-refractivity contribution in [2.75, 3.05) is 39.4 Å². The maximum absolute atomic E-state index is 10.6. The summed E-state index contributed by atoms with van der Waals surface area (Å²) >= 11 is 0. The molecule has 7 nitrogen and oxygen atoms in total. The van der Waals surface area contributed by atoms with Crippen LogP contribution in [0.5, 0.6) is 0 Å². The fourth-order valence-electron chi connectivity index (χ4n) is 3.66. The Kier molecular flexibility index (Phi) is 8.15. The van der Waals surface area contributed by atoms with Gasteiger partial charge in [0.05, 0.1) is 18.3 Å². The van der Waals surface area contributed by atoms with Crippen LogP contribution in [0.1, 0.15) is 31.7 Å². The van der Waals surface area contributed by atoms with Gasteiger partial charge in [-0.25, -0.2) is 0 Å². The third-order valence-electron chi connectivity index (χ3n) is 5.15. The molecule has 1 aromatic heterocycles. The predicted molar refractivity (Wildman–Crippen MR) is 113 cm³/mol. The van der Waals surface area contributed by atoms with E-state index in [2.05, 4.69) is 28.4 Å². The van der Waals surface area contributed by atoms with Crippen LogP contribution in [0, 0.1) is 5.92 Å². The minimum Gasteiger partial charge on any atom is -0.388 e. The lowest BCUT2D eigenvalue weighted by Gasteiger charge is -2.31. The molecule has 1 atom stereocenters. The molecule has 0 spiro atoms. The molecule has 1 aromatic rings. The van der Waals surface area contributed by atoms with E-state index in [0.29, 0.717) is 38.5 Å². The van der Waals surface area contributed by atoms with Crippen molar-refractivity contribution in [3.63, 3.8) is 0 Å². The summed E-state index contributed by atoms with van der Waals surface area (Å²) < 4.78 is 7.21. The summed E-state index contributed by atoms with van der Waals surface area (Å²) in [5, 5.41) is 18.3. The number of nitrogens with zero attached hydrogens (tertiary/aromatic N) is 4. The van der Waals surface area contributed by atoms with Crippen LogP contribution in [0.15, 0.2) is 17.4 Å². The highest BCUT2D eigenvalue weighted by atomic mass is 127.